The first-order chi connectivity index (χ1) is 15.3. The summed E-state index contributed by atoms with van der Waals surface area (Å²) in [4.78, 5) is 34.3. The van der Waals surface area contributed by atoms with Crippen LogP contribution in [0.5, 0.6) is 0 Å². The number of likely N-dealkylation sites (N-methyl/N-ethyl adjacent to an activating group) is 1. The number of aromatic nitrogens is 2. The lowest BCUT2D eigenvalue weighted by Crippen LogP contribution is -2.45. The smallest absolute Gasteiger partial charge is 0.337 e. The van der Waals surface area contributed by atoms with Gasteiger partial charge in [-0.1, -0.05) is 12.1 Å². The van der Waals surface area contributed by atoms with Crippen LogP contribution in [0.25, 0.3) is 5.65 Å². The van der Waals surface area contributed by atoms with Gasteiger partial charge in [-0.3, -0.25) is 9.20 Å². The van der Waals surface area contributed by atoms with Crippen LogP contribution in [0.1, 0.15) is 40.0 Å². The zero-order valence-corrected chi connectivity index (χ0v) is 18.9. The highest BCUT2D eigenvalue weighted by molar-refractivity contribution is 5.94. The summed E-state index contributed by atoms with van der Waals surface area (Å²) in [6.07, 6.45) is 1.81. The lowest BCUT2D eigenvalue weighted by Gasteiger charge is -2.34. The first-order valence-corrected chi connectivity index (χ1v) is 10.8. The third-order valence-corrected chi connectivity index (χ3v) is 6.09. The van der Waals surface area contributed by atoms with Gasteiger partial charge >= 0.3 is 5.97 Å². The minimum absolute atomic E-state index is 0.0768. The van der Waals surface area contributed by atoms with E-state index in [-0.39, 0.29) is 17.2 Å². The van der Waals surface area contributed by atoms with Gasteiger partial charge in [0.1, 0.15) is 11.5 Å². The number of anilines is 2. The Kier molecular flexibility index (Phi) is 5.88. The van der Waals surface area contributed by atoms with Gasteiger partial charge in [0, 0.05) is 43.6 Å². The van der Waals surface area contributed by atoms with E-state index in [2.05, 4.69) is 22.2 Å². The highest BCUT2D eigenvalue weighted by atomic mass is 16.4. The van der Waals surface area contributed by atoms with Gasteiger partial charge in [0.15, 0.2) is 0 Å². The quantitative estimate of drug-likeness (QED) is 0.637. The lowest BCUT2D eigenvalue weighted by atomic mass is 10.1. The van der Waals surface area contributed by atoms with Crippen molar-refractivity contribution in [2.45, 2.75) is 26.8 Å². The number of carbonyl (C=O) groups is 1. The topological polar surface area (TPSA) is 90.2 Å². The van der Waals surface area contributed by atoms with E-state index in [0.717, 1.165) is 43.1 Å². The molecule has 0 bridgehead atoms. The van der Waals surface area contributed by atoms with Crippen LogP contribution in [0.2, 0.25) is 0 Å². The summed E-state index contributed by atoms with van der Waals surface area (Å²) in [5.41, 5.74) is 3.66. The van der Waals surface area contributed by atoms with E-state index in [0.29, 0.717) is 16.9 Å². The molecule has 0 aliphatic carbocycles. The van der Waals surface area contributed by atoms with Gasteiger partial charge in [-0.15, -0.1) is 0 Å². The van der Waals surface area contributed by atoms with Crippen LogP contribution >= 0.6 is 0 Å². The van der Waals surface area contributed by atoms with E-state index in [9.17, 15) is 14.7 Å². The number of aromatic carboxylic acids is 1. The molecule has 2 N–H and O–H groups in total. The number of aryl methyl sites for hydroxylation is 1. The van der Waals surface area contributed by atoms with E-state index in [4.69, 9.17) is 4.98 Å². The number of hydrogen-bond acceptors (Lipinski definition) is 6. The number of para-hydroxylation sites is 1. The molecule has 0 amide bonds. The maximum absolute atomic E-state index is 13.3. The molecule has 0 radical (unpaired) electrons. The van der Waals surface area contributed by atoms with Crippen molar-refractivity contribution >= 4 is 23.1 Å². The number of rotatable bonds is 5. The molecule has 32 heavy (non-hydrogen) atoms. The van der Waals surface area contributed by atoms with Crippen molar-refractivity contribution in [1.29, 1.82) is 0 Å². The maximum Gasteiger partial charge on any atom is 0.337 e. The van der Waals surface area contributed by atoms with Gasteiger partial charge in [0.2, 0.25) is 0 Å². The van der Waals surface area contributed by atoms with E-state index in [1.165, 1.54) is 0 Å². The second-order valence-electron chi connectivity index (χ2n) is 8.54. The van der Waals surface area contributed by atoms with Gasteiger partial charge in [-0.05, 0) is 51.6 Å². The van der Waals surface area contributed by atoms with Gasteiger partial charge in [0.05, 0.1) is 17.2 Å². The monoisotopic (exact) mass is 435 g/mol. The molecule has 1 aliphatic heterocycles. The molecular formula is C24H29N5O3. The summed E-state index contributed by atoms with van der Waals surface area (Å²) in [6, 6.07) is 8.56. The second-order valence-corrected chi connectivity index (χ2v) is 8.54. The highest BCUT2D eigenvalue weighted by Gasteiger charge is 2.22. The summed E-state index contributed by atoms with van der Waals surface area (Å²) in [5, 5.41) is 12.8. The van der Waals surface area contributed by atoms with Crippen LogP contribution < -0.4 is 15.8 Å². The average Bonchev–Trinajstić information content (AvgIpc) is 2.77. The molecule has 0 spiro atoms. The number of carboxylic acids is 1. The number of nitrogens with one attached hydrogen (secondary N) is 1. The summed E-state index contributed by atoms with van der Waals surface area (Å²) in [6.45, 7) is 9.21. The molecule has 8 heteroatoms. The second kappa shape index (κ2) is 8.63. The number of carboxylic acid groups (broad SMARTS) is 1. The average molecular weight is 436 g/mol. The van der Waals surface area contributed by atoms with E-state index in [1.807, 2.05) is 33.0 Å². The molecule has 3 aromatic rings. The van der Waals surface area contributed by atoms with Crippen molar-refractivity contribution in [1.82, 2.24) is 14.3 Å². The van der Waals surface area contributed by atoms with E-state index >= 15 is 0 Å². The Morgan fingerprint density at radius 1 is 1.16 bits per heavy atom. The van der Waals surface area contributed by atoms with E-state index < -0.39 is 5.97 Å². The highest BCUT2D eigenvalue weighted by Crippen LogP contribution is 2.27. The molecule has 1 atom stereocenters. The van der Waals surface area contributed by atoms with Gasteiger partial charge in [-0.25, -0.2) is 9.78 Å². The Bertz CT molecular complexity index is 1230. The van der Waals surface area contributed by atoms with Crippen molar-refractivity contribution in [3.63, 3.8) is 0 Å². The van der Waals surface area contributed by atoms with Crippen molar-refractivity contribution in [2.75, 3.05) is 43.4 Å². The molecule has 0 saturated carbocycles. The molecular weight excluding hydrogens is 406 g/mol. The molecule has 1 saturated heterocycles. The van der Waals surface area contributed by atoms with Crippen molar-refractivity contribution in [2.24, 2.45) is 0 Å². The van der Waals surface area contributed by atoms with Crippen LogP contribution in [0.3, 0.4) is 0 Å². The van der Waals surface area contributed by atoms with Crippen LogP contribution in [-0.2, 0) is 0 Å². The Balaban J connectivity index is 1.81. The Labute approximate surface area is 187 Å². The fourth-order valence-corrected chi connectivity index (χ4v) is 4.24. The van der Waals surface area contributed by atoms with Crippen molar-refractivity contribution in [3.05, 3.63) is 69.1 Å². The van der Waals surface area contributed by atoms with Crippen molar-refractivity contribution in [3.8, 4) is 0 Å². The van der Waals surface area contributed by atoms with Gasteiger partial charge in [0.25, 0.3) is 5.56 Å². The zero-order chi connectivity index (χ0) is 23.0. The fourth-order valence-electron chi connectivity index (χ4n) is 4.24. The molecule has 168 valence electrons. The summed E-state index contributed by atoms with van der Waals surface area (Å²) < 4.78 is 1.61. The molecule has 1 fully saturated rings. The van der Waals surface area contributed by atoms with Gasteiger partial charge < -0.3 is 20.2 Å². The normalized spacial score (nSPS) is 15.7. The lowest BCUT2D eigenvalue weighted by molar-refractivity contribution is 0.0698. The minimum Gasteiger partial charge on any atom is -0.478 e. The Morgan fingerprint density at radius 3 is 2.53 bits per heavy atom. The zero-order valence-electron chi connectivity index (χ0n) is 18.9. The molecule has 2 aromatic heterocycles. The molecule has 4 rings (SSSR count). The first kappa shape index (κ1) is 21.8. The number of pyridine rings is 1. The van der Waals surface area contributed by atoms with Crippen LogP contribution in [0.15, 0.2) is 41.3 Å². The molecule has 8 nitrogen and oxygen atoms in total. The molecule has 1 aromatic carbocycles. The van der Waals surface area contributed by atoms with Crippen LogP contribution in [0, 0.1) is 13.8 Å². The van der Waals surface area contributed by atoms with Crippen LogP contribution in [0.4, 0.5) is 11.5 Å². The van der Waals surface area contributed by atoms with Gasteiger partial charge in [-0.2, -0.15) is 0 Å². The summed E-state index contributed by atoms with van der Waals surface area (Å²) in [7, 11) is 2.09. The number of benzene rings is 1. The summed E-state index contributed by atoms with van der Waals surface area (Å²) >= 11 is 0. The fraction of sp³-hybridized carbons (Fsp3) is 0.375. The maximum atomic E-state index is 13.3. The predicted molar refractivity (Wildman–Crippen MR) is 126 cm³/mol. The molecule has 1 aliphatic rings. The van der Waals surface area contributed by atoms with E-state index in [1.54, 1.807) is 28.7 Å². The SMILES string of the molecule is Cc1cc(C(C)Nc2ccccc2C(=O)O)c2nc(N3CCN(C)CC3)c(C)c(=O)n2c1. The standard InChI is InChI=1S/C24H29N5O3/c1-15-13-19(17(3)25-20-8-6-5-7-18(20)24(31)32)22-26-21(16(2)23(30)29(22)14-15)28-11-9-27(4)10-12-28/h5-8,13-14,17,25H,9-12H2,1-4H3,(H,31,32). The summed E-state index contributed by atoms with van der Waals surface area (Å²) in [5.74, 6) is -0.261. The number of hydrogen-bond donors (Lipinski definition) is 2. The Morgan fingerprint density at radius 2 is 1.84 bits per heavy atom. The van der Waals surface area contributed by atoms with Crippen molar-refractivity contribution < 1.29 is 9.90 Å². The number of nitrogens with zero attached hydrogens (tertiary/aromatic N) is 4. The Hall–Kier alpha value is -3.39. The largest absolute Gasteiger partial charge is 0.478 e. The molecule has 3 heterocycles. The van der Waals surface area contributed by atoms with Crippen LogP contribution in [-0.4, -0.2) is 58.6 Å². The minimum atomic E-state index is -0.989. The molecule has 1 unspecified atom stereocenters. The predicted octanol–water partition coefficient (Wildman–Crippen LogP) is 2.93. The number of fused-ring (bicyclic) bond motifs is 1. The third-order valence-electron chi connectivity index (χ3n) is 6.09. The number of piperazine rings is 1. The third kappa shape index (κ3) is 4.05. The first-order valence-electron chi connectivity index (χ1n) is 10.8.